The lowest BCUT2D eigenvalue weighted by atomic mass is 10.2. The van der Waals surface area contributed by atoms with Crippen LogP contribution in [-0.2, 0) is 0 Å². The fraction of sp³-hybridized carbons (Fsp3) is 0.0833. The molecule has 0 atom stereocenters. The Kier molecular flexibility index (Phi) is 3.10. The fourth-order valence-corrected chi connectivity index (χ4v) is 1.56. The number of hydrogen-bond donors (Lipinski definition) is 0. The van der Waals surface area contributed by atoms with Crippen molar-refractivity contribution in [1.82, 2.24) is 9.97 Å². The van der Waals surface area contributed by atoms with Gasteiger partial charge in [-0.15, -0.1) is 0 Å². The van der Waals surface area contributed by atoms with Gasteiger partial charge in [0, 0.05) is 23.2 Å². The first-order valence-corrected chi connectivity index (χ1v) is 5.56. The summed E-state index contributed by atoms with van der Waals surface area (Å²) in [5, 5.41) is 0. The van der Waals surface area contributed by atoms with Gasteiger partial charge in [0.1, 0.15) is 5.69 Å². The average molecular weight is 277 g/mol. The molecule has 0 aliphatic carbocycles. The molecule has 0 saturated carbocycles. The van der Waals surface area contributed by atoms with E-state index in [1.54, 1.807) is 12.3 Å². The second-order valence-corrected chi connectivity index (χ2v) is 4.24. The van der Waals surface area contributed by atoms with Crippen molar-refractivity contribution >= 4 is 21.7 Å². The van der Waals surface area contributed by atoms with Gasteiger partial charge in [0.2, 0.25) is 0 Å². The molecule has 1 aromatic carbocycles. The van der Waals surface area contributed by atoms with Gasteiger partial charge < -0.3 is 0 Å². The summed E-state index contributed by atoms with van der Waals surface area (Å²) in [6, 6.07) is 9.26. The maximum absolute atomic E-state index is 11.2. The van der Waals surface area contributed by atoms with Gasteiger partial charge >= 0.3 is 0 Å². The van der Waals surface area contributed by atoms with Crippen LogP contribution in [0.15, 0.2) is 41.0 Å². The smallest absolute Gasteiger partial charge is 0.178 e. The first kappa shape index (κ1) is 11.0. The predicted molar refractivity (Wildman–Crippen MR) is 65.2 cm³/mol. The molecular weight excluding hydrogens is 268 g/mol. The van der Waals surface area contributed by atoms with E-state index >= 15 is 0 Å². The third-order valence-electron chi connectivity index (χ3n) is 2.12. The average Bonchev–Trinajstić information content (AvgIpc) is 2.30. The van der Waals surface area contributed by atoms with E-state index in [-0.39, 0.29) is 5.78 Å². The Morgan fingerprint density at radius 1 is 1.19 bits per heavy atom. The summed E-state index contributed by atoms with van der Waals surface area (Å²) in [5.41, 5.74) is 1.33. The molecule has 0 unspecified atom stereocenters. The maximum atomic E-state index is 11.2. The van der Waals surface area contributed by atoms with E-state index in [0.29, 0.717) is 11.5 Å². The van der Waals surface area contributed by atoms with Crippen LogP contribution in [0, 0.1) is 0 Å². The number of hydrogen-bond acceptors (Lipinski definition) is 3. The zero-order valence-corrected chi connectivity index (χ0v) is 10.2. The molecule has 0 aliphatic rings. The topological polar surface area (TPSA) is 42.9 Å². The molecule has 0 bridgehead atoms. The number of carbonyl (C=O) groups excluding carboxylic acids is 1. The molecular formula is C12H9BrN2O. The van der Waals surface area contributed by atoms with Gasteiger partial charge in [0.15, 0.2) is 11.6 Å². The van der Waals surface area contributed by atoms with E-state index in [1.165, 1.54) is 6.92 Å². The summed E-state index contributed by atoms with van der Waals surface area (Å²) >= 11 is 3.36. The third-order valence-corrected chi connectivity index (χ3v) is 2.65. The highest BCUT2D eigenvalue weighted by atomic mass is 79.9. The monoisotopic (exact) mass is 276 g/mol. The number of rotatable bonds is 2. The largest absolute Gasteiger partial charge is 0.293 e. The third kappa shape index (κ3) is 2.33. The van der Waals surface area contributed by atoms with E-state index in [9.17, 15) is 4.79 Å². The normalized spacial score (nSPS) is 10.1. The van der Waals surface area contributed by atoms with Gasteiger partial charge in [-0.2, -0.15) is 0 Å². The quantitative estimate of drug-likeness (QED) is 0.792. The van der Waals surface area contributed by atoms with Crippen LogP contribution in [-0.4, -0.2) is 15.8 Å². The van der Waals surface area contributed by atoms with Gasteiger partial charge in [-0.25, -0.2) is 9.97 Å². The molecule has 80 valence electrons. The van der Waals surface area contributed by atoms with Crippen molar-refractivity contribution in [2.75, 3.05) is 0 Å². The SMILES string of the molecule is CC(=O)c1ccnc(-c2ccc(Br)cc2)n1. The summed E-state index contributed by atoms with van der Waals surface area (Å²) in [4.78, 5) is 19.5. The molecule has 1 aromatic heterocycles. The molecule has 0 aliphatic heterocycles. The first-order chi connectivity index (χ1) is 7.66. The molecule has 0 amide bonds. The van der Waals surface area contributed by atoms with Gasteiger partial charge in [-0.05, 0) is 18.2 Å². The highest BCUT2D eigenvalue weighted by Gasteiger charge is 2.05. The molecule has 0 saturated heterocycles. The Hall–Kier alpha value is -1.55. The van der Waals surface area contributed by atoms with E-state index in [1.807, 2.05) is 24.3 Å². The minimum atomic E-state index is -0.0549. The number of Topliss-reactive ketones (excluding diaryl/α,β-unsaturated/α-hetero) is 1. The lowest BCUT2D eigenvalue weighted by Crippen LogP contribution is -1.99. The zero-order valence-electron chi connectivity index (χ0n) is 8.64. The molecule has 3 nitrogen and oxygen atoms in total. The number of nitrogens with zero attached hydrogens (tertiary/aromatic N) is 2. The van der Waals surface area contributed by atoms with Crippen LogP contribution in [0.4, 0.5) is 0 Å². The van der Waals surface area contributed by atoms with Crippen LogP contribution in [0.25, 0.3) is 11.4 Å². The van der Waals surface area contributed by atoms with E-state index < -0.39 is 0 Å². The highest BCUT2D eigenvalue weighted by molar-refractivity contribution is 9.10. The molecule has 2 rings (SSSR count). The van der Waals surface area contributed by atoms with Crippen molar-refractivity contribution in [3.8, 4) is 11.4 Å². The van der Waals surface area contributed by atoms with Crippen LogP contribution < -0.4 is 0 Å². The van der Waals surface area contributed by atoms with Crippen molar-refractivity contribution in [2.24, 2.45) is 0 Å². The molecule has 0 fully saturated rings. The maximum Gasteiger partial charge on any atom is 0.178 e. The predicted octanol–water partition coefficient (Wildman–Crippen LogP) is 3.11. The van der Waals surface area contributed by atoms with Crippen molar-refractivity contribution < 1.29 is 4.79 Å². The number of ketones is 1. The Labute approximate surface area is 102 Å². The van der Waals surface area contributed by atoms with E-state index in [4.69, 9.17) is 0 Å². The van der Waals surface area contributed by atoms with Crippen LogP contribution >= 0.6 is 15.9 Å². The van der Waals surface area contributed by atoms with Crippen LogP contribution in [0.2, 0.25) is 0 Å². The Morgan fingerprint density at radius 3 is 2.50 bits per heavy atom. The minimum Gasteiger partial charge on any atom is -0.293 e. The first-order valence-electron chi connectivity index (χ1n) is 4.77. The van der Waals surface area contributed by atoms with Crippen LogP contribution in [0.5, 0.6) is 0 Å². The summed E-state index contributed by atoms with van der Waals surface area (Å²) in [5.74, 6) is 0.515. The van der Waals surface area contributed by atoms with Crippen molar-refractivity contribution in [3.05, 3.63) is 46.7 Å². The van der Waals surface area contributed by atoms with Gasteiger partial charge in [0.05, 0.1) is 0 Å². The second kappa shape index (κ2) is 4.53. The Morgan fingerprint density at radius 2 is 1.88 bits per heavy atom. The standard InChI is InChI=1S/C12H9BrN2O/c1-8(16)11-6-7-14-12(15-11)9-2-4-10(13)5-3-9/h2-7H,1H3. The zero-order chi connectivity index (χ0) is 11.5. The summed E-state index contributed by atoms with van der Waals surface area (Å²) < 4.78 is 0.999. The lowest BCUT2D eigenvalue weighted by molar-refractivity contribution is 0.101. The van der Waals surface area contributed by atoms with Crippen LogP contribution in [0.1, 0.15) is 17.4 Å². The van der Waals surface area contributed by atoms with Crippen LogP contribution in [0.3, 0.4) is 0 Å². The number of aromatic nitrogens is 2. The molecule has 0 N–H and O–H groups in total. The molecule has 2 aromatic rings. The number of benzene rings is 1. The van der Waals surface area contributed by atoms with Gasteiger partial charge in [0.25, 0.3) is 0 Å². The number of halogens is 1. The lowest BCUT2D eigenvalue weighted by Gasteiger charge is -2.01. The minimum absolute atomic E-state index is 0.0549. The Balaban J connectivity index is 2.44. The second-order valence-electron chi connectivity index (χ2n) is 3.33. The summed E-state index contributed by atoms with van der Waals surface area (Å²) in [6.07, 6.45) is 1.60. The molecule has 1 heterocycles. The highest BCUT2D eigenvalue weighted by Crippen LogP contribution is 2.18. The summed E-state index contributed by atoms with van der Waals surface area (Å²) in [7, 11) is 0. The van der Waals surface area contributed by atoms with E-state index in [0.717, 1.165) is 10.0 Å². The molecule has 0 radical (unpaired) electrons. The van der Waals surface area contributed by atoms with E-state index in [2.05, 4.69) is 25.9 Å². The molecule has 0 spiro atoms. The Bertz CT molecular complexity index is 523. The summed E-state index contributed by atoms with van der Waals surface area (Å²) in [6.45, 7) is 1.49. The van der Waals surface area contributed by atoms with Gasteiger partial charge in [-0.3, -0.25) is 4.79 Å². The molecule has 4 heteroatoms. The van der Waals surface area contributed by atoms with Crippen molar-refractivity contribution in [1.29, 1.82) is 0 Å². The van der Waals surface area contributed by atoms with Crippen molar-refractivity contribution in [2.45, 2.75) is 6.92 Å². The number of carbonyl (C=O) groups is 1. The van der Waals surface area contributed by atoms with Crippen molar-refractivity contribution in [3.63, 3.8) is 0 Å². The van der Waals surface area contributed by atoms with Gasteiger partial charge in [-0.1, -0.05) is 28.1 Å². The fourth-order valence-electron chi connectivity index (χ4n) is 1.29. The molecule has 16 heavy (non-hydrogen) atoms.